The quantitative estimate of drug-likeness (QED) is 0.720. The average molecular weight is 412 g/mol. The van der Waals surface area contributed by atoms with E-state index in [0.29, 0.717) is 29.9 Å². The van der Waals surface area contributed by atoms with Crippen molar-refractivity contribution in [3.8, 4) is 0 Å². The first-order valence-electron chi connectivity index (χ1n) is 8.55. The summed E-state index contributed by atoms with van der Waals surface area (Å²) in [5, 5.41) is 11.6. The van der Waals surface area contributed by atoms with Gasteiger partial charge < -0.3 is 10.6 Å². The van der Waals surface area contributed by atoms with Crippen molar-refractivity contribution < 1.29 is 8.42 Å². The fourth-order valence-electron chi connectivity index (χ4n) is 2.99. The molecule has 0 saturated carbocycles. The van der Waals surface area contributed by atoms with E-state index in [2.05, 4.69) is 32.3 Å². The first-order chi connectivity index (χ1) is 12.9. The summed E-state index contributed by atoms with van der Waals surface area (Å²) in [6.07, 6.45) is 7.53. The lowest BCUT2D eigenvalue weighted by atomic mass is 10.1. The highest BCUT2D eigenvalue weighted by molar-refractivity contribution is 7.92. The summed E-state index contributed by atoms with van der Waals surface area (Å²) in [5.41, 5.74) is 0.751. The second-order valence-corrected chi connectivity index (χ2v) is 8.51. The molecule has 27 heavy (non-hydrogen) atoms. The standard InChI is InChI=1S/C16H22ClN7O2S/c1-3-27(25,26)24-7-5-4-6-13(24)9-18-15-14(17)10-19-16(22-15)21-12-8-20-23(2)11-12/h3,8,10-11,13H,1,4-7,9H2,2H3,(H2,18,19,21,22). The molecule has 0 spiro atoms. The normalized spacial score (nSPS) is 18.2. The third-order valence-corrected chi connectivity index (χ3v) is 6.15. The number of anilines is 3. The van der Waals surface area contributed by atoms with Crippen LogP contribution in [0.15, 0.2) is 30.6 Å². The van der Waals surface area contributed by atoms with Crippen molar-refractivity contribution in [1.29, 1.82) is 0 Å². The molecule has 0 amide bonds. The second-order valence-electron chi connectivity index (χ2n) is 6.27. The molecule has 0 bridgehead atoms. The zero-order valence-electron chi connectivity index (χ0n) is 15.0. The van der Waals surface area contributed by atoms with Crippen LogP contribution in [0.4, 0.5) is 17.5 Å². The predicted molar refractivity (Wildman–Crippen MR) is 105 cm³/mol. The Labute approximate surface area is 163 Å². The van der Waals surface area contributed by atoms with E-state index in [1.54, 1.807) is 17.1 Å². The van der Waals surface area contributed by atoms with Gasteiger partial charge in [0.25, 0.3) is 0 Å². The minimum atomic E-state index is -3.46. The van der Waals surface area contributed by atoms with E-state index in [0.717, 1.165) is 30.4 Å². The number of piperidine rings is 1. The Balaban J connectivity index is 1.71. The van der Waals surface area contributed by atoms with Gasteiger partial charge in [-0.2, -0.15) is 14.4 Å². The molecular formula is C16H22ClN7O2S. The Kier molecular flexibility index (Phi) is 5.98. The number of nitrogens with one attached hydrogen (secondary N) is 2. The molecule has 1 aliphatic rings. The Morgan fingerprint density at radius 1 is 1.41 bits per heavy atom. The highest BCUT2D eigenvalue weighted by atomic mass is 35.5. The summed E-state index contributed by atoms with van der Waals surface area (Å²) in [7, 11) is -1.65. The molecule has 1 unspecified atom stereocenters. The number of aromatic nitrogens is 4. The number of sulfonamides is 1. The maximum Gasteiger partial charge on any atom is 0.235 e. The number of hydrogen-bond acceptors (Lipinski definition) is 7. The van der Waals surface area contributed by atoms with Gasteiger partial charge in [0.05, 0.1) is 18.1 Å². The average Bonchev–Trinajstić information content (AvgIpc) is 3.07. The third kappa shape index (κ3) is 4.76. The van der Waals surface area contributed by atoms with E-state index in [4.69, 9.17) is 11.6 Å². The van der Waals surface area contributed by atoms with Gasteiger partial charge in [0.2, 0.25) is 16.0 Å². The van der Waals surface area contributed by atoms with Gasteiger partial charge in [-0.15, -0.1) is 0 Å². The van der Waals surface area contributed by atoms with Gasteiger partial charge in [-0.3, -0.25) is 4.68 Å². The number of aryl methyl sites for hydroxylation is 1. The van der Waals surface area contributed by atoms with Crippen molar-refractivity contribution in [3.05, 3.63) is 35.6 Å². The van der Waals surface area contributed by atoms with Gasteiger partial charge >= 0.3 is 0 Å². The molecule has 1 saturated heterocycles. The number of halogens is 1. The smallest absolute Gasteiger partial charge is 0.235 e. The molecule has 2 aromatic heterocycles. The SMILES string of the molecule is C=CS(=O)(=O)N1CCCCC1CNc1nc(Nc2cnn(C)c2)ncc1Cl. The number of nitrogens with zero attached hydrogens (tertiary/aromatic N) is 5. The summed E-state index contributed by atoms with van der Waals surface area (Å²) >= 11 is 6.19. The lowest BCUT2D eigenvalue weighted by Crippen LogP contribution is -2.46. The van der Waals surface area contributed by atoms with E-state index in [1.165, 1.54) is 10.5 Å². The fourth-order valence-corrected chi connectivity index (χ4v) is 4.32. The second kappa shape index (κ2) is 8.24. The molecule has 2 N–H and O–H groups in total. The lowest BCUT2D eigenvalue weighted by Gasteiger charge is -2.33. The highest BCUT2D eigenvalue weighted by Gasteiger charge is 2.30. The third-order valence-electron chi connectivity index (χ3n) is 4.32. The van der Waals surface area contributed by atoms with Gasteiger partial charge in [-0.05, 0) is 12.8 Å². The van der Waals surface area contributed by atoms with Gasteiger partial charge in [0, 0.05) is 37.8 Å². The highest BCUT2D eigenvalue weighted by Crippen LogP contribution is 2.24. The maximum atomic E-state index is 12.2. The minimum absolute atomic E-state index is 0.178. The van der Waals surface area contributed by atoms with E-state index in [-0.39, 0.29) is 6.04 Å². The van der Waals surface area contributed by atoms with Crippen molar-refractivity contribution in [2.45, 2.75) is 25.3 Å². The molecule has 9 nitrogen and oxygen atoms in total. The van der Waals surface area contributed by atoms with Crippen molar-refractivity contribution in [2.75, 3.05) is 23.7 Å². The molecule has 0 aromatic carbocycles. The predicted octanol–water partition coefficient (Wildman–Crippen LogP) is 2.35. The molecule has 3 heterocycles. The molecule has 1 atom stereocenters. The molecule has 1 fully saturated rings. The van der Waals surface area contributed by atoms with Crippen LogP contribution in [0.25, 0.3) is 0 Å². The largest absolute Gasteiger partial charge is 0.367 e. The summed E-state index contributed by atoms with van der Waals surface area (Å²) < 4.78 is 27.6. The van der Waals surface area contributed by atoms with E-state index >= 15 is 0 Å². The van der Waals surface area contributed by atoms with Crippen LogP contribution in [-0.2, 0) is 17.1 Å². The lowest BCUT2D eigenvalue weighted by molar-refractivity contribution is 0.264. The van der Waals surface area contributed by atoms with Crippen LogP contribution in [0.3, 0.4) is 0 Å². The molecular weight excluding hydrogens is 390 g/mol. The molecule has 146 valence electrons. The first kappa shape index (κ1) is 19.6. The Bertz CT molecular complexity index is 915. The van der Waals surface area contributed by atoms with Gasteiger partial charge in [-0.1, -0.05) is 24.6 Å². The van der Waals surface area contributed by atoms with Crippen LogP contribution in [0, 0.1) is 0 Å². The molecule has 0 radical (unpaired) electrons. The molecule has 1 aliphatic heterocycles. The van der Waals surface area contributed by atoms with E-state index in [9.17, 15) is 8.42 Å². The van der Waals surface area contributed by atoms with Crippen LogP contribution >= 0.6 is 11.6 Å². The summed E-state index contributed by atoms with van der Waals surface area (Å²) in [6, 6.07) is -0.178. The summed E-state index contributed by atoms with van der Waals surface area (Å²) in [6.45, 7) is 4.31. The van der Waals surface area contributed by atoms with Crippen LogP contribution < -0.4 is 10.6 Å². The zero-order valence-corrected chi connectivity index (χ0v) is 16.5. The van der Waals surface area contributed by atoms with Crippen molar-refractivity contribution >= 4 is 39.1 Å². The number of rotatable bonds is 7. The number of hydrogen-bond donors (Lipinski definition) is 2. The van der Waals surface area contributed by atoms with Gasteiger partial charge in [-0.25, -0.2) is 13.4 Å². The Morgan fingerprint density at radius 2 is 2.22 bits per heavy atom. The van der Waals surface area contributed by atoms with E-state index < -0.39 is 10.0 Å². The minimum Gasteiger partial charge on any atom is -0.367 e. The summed E-state index contributed by atoms with van der Waals surface area (Å²) in [5.74, 6) is 0.814. The molecule has 3 rings (SSSR count). The maximum absolute atomic E-state index is 12.2. The first-order valence-corrected chi connectivity index (χ1v) is 10.4. The van der Waals surface area contributed by atoms with E-state index in [1.807, 2.05) is 7.05 Å². The Hall–Kier alpha value is -2.17. The van der Waals surface area contributed by atoms with Crippen LogP contribution in [-0.4, -0.2) is 51.6 Å². The topological polar surface area (TPSA) is 105 Å². The van der Waals surface area contributed by atoms with Gasteiger partial charge in [0.15, 0.2) is 5.82 Å². The van der Waals surface area contributed by atoms with Crippen LogP contribution in [0.1, 0.15) is 19.3 Å². The van der Waals surface area contributed by atoms with Crippen LogP contribution in [0.5, 0.6) is 0 Å². The Morgan fingerprint density at radius 3 is 2.93 bits per heavy atom. The van der Waals surface area contributed by atoms with Gasteiger partial charge in [0.1, 0.15) is 5.02 Å². The van der Waals surface area contributed by atoms with Crippen LogP contribution in [0.2, 0.25) is 5.02 Å². The molecule has 0 aliphatic carbocycles. The van der Waals surface area contributed by atoms with Crippen molar-refractivity contribution in [3.63, 3.8) is 0 Å². The monoisotopic (exact) mass is 411 g/mol. The van der Waals surface area contributed by atoms with Crippen molar-refractivity contribution in [1.82, 2.24) is 24.1 Å². The van der Waals surface area contributed by atoms with Crippen molar-refractivity contribution in [2.24, 2.45) is 7.05 Å². The summed E-state index contributed by atoms with van der Waals surface area (Å²) in [4.78, 5) is 8.53. The zero-order chi connectivity index (χ0) is 19.4. The molecule has 11 heteroatoms. The fraction of sp³-hybridized carbons (Fsp3) is 0.438. The molecule has 2 aromatic rings.